The van der Waals surface area contributed by atoms with Crippen LogP contribution in [0.3, 0.4) is 0 Å². The van der Waals surface area contributed by atoms with E-state index in [9.17, 15) is 0 Å². The van der Waals surface area contributed by atoms with E-state index in [1.165, 1.54) is 0 Å². The topological polar surface area (TPSA) is 21.6 Å². The van der Waals surface area contributed by atoms with Gasteiger partial charge in [0.25, 0.3) is 0 Å². The quantitative estimate of drug-likeness (QED) is 0.571. The van der Waals surface area contributed by atoms with Crippen LogP contribution in [-0.4, -0.2) is 18.9 Å². The van der Waals surface area contributed by atoms with Gasteiger partial charge in [-0.25, -0.2) is 0 Å². The Balaban J connectivity index is 2.53. The molecule has 0 aromatic heterocycles. The molecule has 0 saturated heterocycles. The van der Waals surface area contributed by atoms with E-state index in [1.807, 2.05) is 0 Å². The molecule has 2 heteroatoms. The zero-order valence-electron chi connectivity index (χ0n) is 6.39. The van der Waals surface area contributed by atoms with Gasteiger partial charge in [-0.1, -0.05) is 19.9 Å². The van der Waals surface area contributed by atoms with Crippen LogP contribution in [0.25, 0.3) is 0 Å². The Hall–Kier alpha value is -0.790. The first-order chi connectivity index (χ1) is 4.84. The van der Waals surface area contributed by atoms with E-state index in [2.05, 4.69) is 18.5 Å². The fraction of sp³-hybridized carbons (Fsp3) is 0.625. The molecule has 0 amide bonds. The molecule has 10 heavy (non-hydrogen) atoms. The monoisotopic (exact) mass is 139 g/mol. The minimum absolute atomic E-state index is 0.700. The fourth-order valence-corrected chi connectivity index (χ4v) is 0.976. The highest BCUT2D eigenvalue weighted by Crippen LogP contribution is 2.08. The van der Waals surface area contributed by atoms with Crippen LogP contribution in [0.2, 0.25) is 0 Å². The van der Waals surface area contributed by atoms with E-state index in [0.29, 0.717) is 6.61 Å². The molecule has 56 valence electrons. The Labute approximate surface area is 61.6 Å². The average Bonchev–Trinajstić information content (AvgIpc) is 1.94. The van der Waals surface area contributed by atoms with Crippen molar-refractivity contribution in [3.8, 4) is 0 Å². The number of allylic oxidation sites excluding steroid dienone is 1. The van der Waals surface area contributed by atoms with Crippen LogP contribution < -0.4 is 0 Å². The lowest BCUT2D eigenvalue weighted by molar-refractivity contribution is 0.232. The number of hydrogen-bond donors (Lipinski definition) is 0. The van der Waals surface area contributed by atoms with E-state index in [4.69, 9.17) is 4.74 Å². The summed E-state index contributed by atoms with van der Waals surface area (Å²) in [6.07, 6.45) is 2.11. The SMILES string of the molecule is C=C1OCCN=C1CCC. The third kappa shape index (κ3) is 1.59. The lowest BCUT2D eigenvalue weighted by Gasteiger charge is -2.15. The van der Waals surface area contributed by atoms with Crippen LogP contribution in [-0.2, 0) is 4.74 Å². The Morgan fingerprint density at radius 2 is 2.50 bits per heavy atom. The van der Waals surface area contributed by atoms with Crippen molar-refractivity contribution in [2.45, 2.75) is 19.8 Å². The van der Waals surface area contributed by atoms with Crippen LogP contribution in [0.1, 0.15) is 19.8 Å². The molecule has 0 radical (unpaired) electrons. The Kier molecular flexibility index (Phi) is 2.49. The van der Waals surface area contributed by atoms with E-state index >= 15 is 0 Å². The van der Waals surface area contributed by atoms with Crippen molar-refractivity contribution >= 4 is 5.71 Å². The van der Waals surface area contributed by atoms with Gasteiger partial charge in [-0.05, 0) is 6.42 Å². The molecule has 1 aliphatic heterocycles. The second-order valence-corrected chi connectivity index (χ2v) is 2.35. The fourth-order valence-electron chi connectivity index (χ4n) is 0.976. The molecule has 1 rings (SSSR count). The van der Waals surface area contributed by atoms with Crippen molar-refractivity contribution < 1.29 is 4.74 Å². The highest BCUT2D eigenvalue weighted by atomic mass is 16.5. The molecule has 0 aliphatic carbocycles. The summed E-state index contributed by atoms with van der Waals surface area (Å²) in [4.78, 5) is 4.29. The Morgan fingerprint density at radius 3 is 3.10 bits per heavy atom. The zero-order valence-corrected chi connectivity index (χ0v) is 6.39. The molecule has 0 atom stereocenters. The summed E-state index contributed by atoms with van der Waals surface area (Å²) in [7, 11) is 0. The van der Waals surface area contributed by atoms with Crippen LogP contribution in [0.15, 0.2) is 17.3 Å². The minimum atomic E-state index is 0.700. The zero-order chi connectivity index (χ0) is 7.40. The van der Waals surface area contributed by atoms with Gasteiger partial charge in [0.2, 0.25) is 0 Å². The van der Waals surface area contributed by atoms with Crippen LogP contribution in [0, 0.1) is 0 Å². The first-order valence-electron chi connectivity index (χ1n) is 3.70. The number of ether oxygens (including phenoxy) is 1. The maximum atomic E-state index is 5.22. The van der Waals surface area contributed by atoms with E-state index in [-0.39, 0.29) is 0 Å². The lowest BCUT2D eigenvalue weighted by Crippen LogP contribution is -2.14. The van der Waals surface area contributed by atoms with Gasteiger partial charge in [-0.3, -0.25) is 4.99 Å². The van der Waals surface area contributed by atoms with Gasteiger partial charge in [-0.2, -0.15) is 0 Å². The van der Waals surface area contributed by atoms with Crippen molar-refractivity contribution in [1.82, 2.24) is 0 Å². The molecule has 0 aromatic carbocycles. The van der Waals surface area contributed by atoms with Crippen molar-refractivity contribution in [2.75, 3.05) is 13.2 Å². The number of hydrogen-bond acceptors (Lipinski definition) is 2. The molecule has 2 nitrogen and oxygen atoms in total. The summed E-state index contributed by atoms with van der Waals surface area (Å²) in [6, 6.07) is 0. The molecule has 0 N–H and O–H groups in total. The minimum Gasteiger partial charge on any atom is -0.490 e. The summed E-state index contributed by atoms with van der Waals surface area (Å²) in [6.45, 7) is 7.39. The average molecular weight is 139 g/mol. The summed E-state index contributed by atoms with van der Waals surface area (Å²) < 4.78 is 5.22. The van der Waals surface area contributed by atoms with E-state index < -0.39 is 0 Å². The van der Waals surface area contributed by atoms with Gasteiger partial charge in [0.05, 0.1) is 12.3 Å². The highest BCUT2D eigenvalue weighted by molar-refractivity contribution is 5.98. The predicted octanol–water partition coefficient (Wildman–Crippen LogP) is 1.77. The van der Waals surface area contributed by atoms with Gasteiger partial charge >= 0.3 is 0 Å². The lowest BCUT2D eigenvalue weighted by atomic mass is 10.2. The van der Waals surface area contributed by atoms with Gasteiger partial charge in [0.1, 0.15) is 12.4 Å². The second-order valence-electron chi connectivity index (χ2n) is 2.35. The Bertz CT molecular complexity index is 161. The first-order valence-corrected chi connectivity index (χ1v) is 3.70. The molecule has 0 spiro atoms. The van der Waals surface area contributed by atoms with Crippen molar-refractivity contribution in [3.05, 3.63) is 12.3 Å². The van der Waals surface area contributed by atoms with Crippen LogP contribution in [0.5, 0.6) is 0 Å². The molecule has 1 aliphatic rings. The van der Waals surface area contributed by atoms with Crippen molar-refractivity contribution in [1.29, 1.82) is 0 Å². The van der Waals surface area contributed by atoms with Crippen molar-refractivity contribution in [2.24, 2.45) is 4.99 Å². The molecule has 0 aromatic rings. The molecular weight excluding hydrogens is 126 g/mol. The second kappa shape index (κ2) is 3.40. The van der Waals surface area contributed by atoms with Crippen LogP contribution in [0.4, 0.5) is 0 Å². The molecule has 0 fully saturated rings. The summed E-state index contributed by atoms with van der Waals surface area (Å²) >= 11 is 0. The highest BCUT2D eigenvalue weighted by Gasteiger charge is 2.08. The maximum Gasteiger partial charge on any atom is 0.133 e. The number of rotatable bonds is 2. The van der Waals surface area contributed by atoms with Gasteiger partial charge < -0.3 is 4.74 Å². The standard InChI is InChI=1S/C8H13NO/c1-3-4-8-7(2)10-6-5-9-8/h2-6H2,1H3. The van der Waals surface area contributed by atoms with Crippen molar-refractivity contribution in [3.63, 3.8) is 0 Å². The first kappa shape index (κ1) is 7.32. The molecule has 0 unspecified atom stereocenters. The summed E-state index contributed by atoms with van der Waals surface area (Å²) in [5.41, 5.74) is 1.05. The summed E-state index contributed by atoms with van der Waals surface area (Å²) in [5, 5.41) is 0. The van der Waals surface area contributed by atoms with Gasteiger partial charge in [-0.15, -0.1) is 0 Å². The van der Waals surface area contributed by atoms with Crippen LogP contribution >= 0.6 is 0 Å². The number of nitrogens with zero attached hydrogens (tertiary/aromatic N) is 1. The normalized spacial score (nSPS) is 18.1. The largest absolute Gasteiger partial charge is 0.490 e. The summed E-state index contributed by atoms with van der Waals surface area (Å²) in [5.74, 6) is 0.771. The third-order valence-electron chi connectivity index (χ3n) is 1.48. The molecule has 0 saturated carbocycles. The molecular formula is C8H13NO. The maximum absolute atomic E-state index is 5.22. The molecule has 1 heterocycles. The Morgan fingerprint density at radius 1 is 1.70 bits per heavy atom. The molecule has 0 bridgehead atoms. The van der Waals surface area contributed by atoms with Gasteiger partial charge in [0.15, 0.2) is 0 Å². The predicted molar refractivity (Wildman–Crippen MR) is 42.3 cm³/mol. The smallest absolute Gasteiger partial charge is 0.133 e. The van der Waals surface area contributed by atoms with E-state index in [0.717, 1.165) is 30.9 Å². The van der Waals surface area contributed by atoms with E-state index in [1.54, 1.807) is 0 Å². The third-order valence-corrected chi connectivity index (χ3v) is 1.48. The number of aliphatic imine (C=N–C) groups is 1. The van der Waals surface area contributed by atoms with Gasteiger partial charge in [0, 0.05) is 0 Å².